The van der Waals surface area contributed by atoms with Crippen molar-refractivity contribution in [3.05, 3.63) is 36.3 Å². The third kappa shape index (κ3) is 1.33. The van der Waals surface area contributed by atoms with Crippen molar-refractivity contribution in [3.63, 3.8) is 0 Å². The van der Waals surface area contributed by atoms with Crippen molar-refractivity contribution in [2.45, 2.75) is 0 Å². The van der Waals surface area contributed by atoms with E-state index in [0.29, 0.717) is 0 Å². The Bertz CT molecular complexity index is 347. The van der Waals surface area contributed by atoms with Crippen LogP contribution in [0.3, 0.4) is 0 Å². The maximum atomic E-state index is 4.04. The molecule has 2 rings (SSSR count). The minimum Gasteiger partial charge on any atom is -0.264 e. The fourth-order valence-corrected chi connectivity index (χ4v) is 2.46. The molecule has 2 aliphatic rings. The molecule has 2 heterocycles. The fourth-order valence-electron chi connectivity index (χ4n) is 1.01. The van der Waals surface area contributed by atoms with E-state index in [-0.39, 0.29) is 7.17 Å². The normalized spacial score (nSPS) is 26.2. The molecule has 0 radical (unpaired) electrons. The van der Waals surface area contributed by atoms with Crippen LogP contribution in [0, 0.1) is 0 Å². The van der Waals surface area contributed by atoms with Gasteiger partial charge in [0, 0.05) is 17.7 Å². The van der Waals surface area contributed by atoms with Crippen LogP contribution in [-0.4, -0.2) is 17.3 Å². The van der Waals surface area contributed by atoms with E-state index < -0.39 is 0 Å². The summed E-state index contributed by atoms with van der Waals surface area (Å²) in [5.74, 6) is 4.46. The Morgan fingerprint density at radius 1 is 1.18 bits per heavy atom. The fraction of sp³-hybridized carbons (Fsp3) is 0. The highest BCUT2D eigenvalue weighted by molar-refractivity contribution is 7.64. The van der Waals surface area contributed by atoms with E-state index >= 15 is 0 Å². The molecule has 2 aliphatic heterocycles. The topological polar surface area (TPSA) is 12.4 Å². The zero-order chi connectivity index (χ0) is 7.52. The summed E-state index contributed by atoms with van der Waals surface area (Å²) in [6, 6.07) is 0. The summed E-state index contributed by atoms with van der Waals surface area (Å²) >= 11 is 0. The first-order valence-corrected chi connectivity index (χ1v) is 4.98. The highest BCUT2D eigenvalue weighted by Crippen LogP contribution is 2.17. The van der Waals surface area contributed by atoms with E-state index in [1.165, 1.54) is 5.29 Å². The smallest absolute Gasteiger partial charge is 0.0383 e. The Kier molecular flexibility index (Phi) is 1.74. The van der Waals surface area contributed by atoms with Crippen LogP contribution in [-0.2, 0) is 0 Å². The van der Waals surface area contributed by atoms with Crippen molar-refractivity contribution < 1.29 is 0 Å². The van der Waals surface area contributed by atoms with E-state index in [4.69, 9.17) is 0 Å². The van der Waals surface area contributed by atoms with E-state index in [0.717, 1.165) is 0 Å². The highest BCUT2D eigenvalue weighted by Gasteiger charge is 1.93. The number of rotatable bonds is 0. The second-order valence-corrected chi connectivity index (χ2v) is 4.23. The second kappa shape index (κ2) is 2.89. The molecule has 0 aliphatic carbocycles. The van der Waals surface area contributed by atoms with Gasteiger partial charge in [0.25, 0.3) is 0 Å². The molecule has 0 saturated heterocycles. The van der Waals surface area contributed by atoms with Crippen LogP contribution in [0.2, 0.25) is 0 Å². The molecule has 0 amide bonds. The first-order chi connectivity index (χ1) is 5.47. The Hall–Kier alpha value is -1.07. The molecule has 0 saturated carbocycles. The lowest BCUT2D eigenvalue weighted by molar-refractivity contribution is 1.65. The van der Waals surface area contributed by atoms with Gasteiger partial charge in [-0.3, -0.25) is 4.99 Å². The van der Waals surface area contributed by atoms with E-state index in [9.17, 15) is 0 Å². The van der Waals surface area contributed by atoms with E-state index in [1.54, 1.807) is 0 Å². The molecule has 11 heavy (non-hydrogen) atoms. The summed E-state index contributed by atoms with van der Waals surface area (Å²) in [4.78, 5) is 4.04. The molecule has 2 heteroatoms. The number of allylic oxidation sites excluding steroid dienone is 4. The number of hydrogen-bond acceptors (Lipinski definition) is 1. The number of nitrogens with zero attached hydrogens (tertiary/aromatic N) is 1. The van der Waals surface area contributed by atoms with Gasteiger partial charge >= 0.3 is 0 Å². The van der Waals surface area contributed by atoms with Gasteiger partial charge in [0.2, 0.25) is 0 Å². The maximum absolute atomic E-state index is 4.04. The van der Waals surface area contributed by atoms with Gasteiger partial charge in [0.05, 0.1) is 0 Å². The standard InChI is InChI=1S/C9H8NP/c1-2-6-11(7-3-1)9-4-5-10-8-9/h1-8H. The van der Waals surface area contributed by atoms with Gasteiger partial charge in [0.15, 0.2) is 0 Å². The predicted molar refractivity (Wildman–Crippen MR) is 53.9 cm³/mol. The van der Waals surface area contributed by atoms with Crippen molar-refractivity contribution >= 4 is 24.5 Å². The van der Waals surface area contributed by atoms with Gasteiger partial charge in [0.1, 0.15) is 0 Å². The van der Waals surface area contributed by atoms with Crippen LogP contribution in [0.5, 0.6) is 0 Å². The average Bonchev–Trinajstić information content (AvgIpc) is 2.58. The third-order valence-corrected chi connectivity index (χ3v) is 3.40. The van der Waals surface area contributed by atoms with Gasteiger partial charge in [-0.05, 0) is 17.7 Å². The van der Waals surface area contributed by atoms with Crippen molar-refractivity contribution in [2.75, 3.05) is 0 Å². The SMILES string of the molecule is C1=CC=P(=C2C=CN=C2)C=C1. The number of aliphatic imine (C=N–C) groups is 1. The molecule has 0 aromatic rings. The second-order valence-electron chi connectivity index (χ2n) is 2.30. The molecule has 1 atom stereocenters. The molecule has 1 unspecified atom stereocenters. The molecule has 0 fully saturated rings. The molecule has 0 N–H and O–H groups in total. The lowest BCUT2D eigenvalue weighted by Gasteiger charge is -1.92. The maximum Gasteiger partial charge on any atom is 0.0383 e. The third-order valence-electron chi connectivity index (χ3n) is 1.55. The largest absolute Gasteiger partial charge is 0.264 e. The average molecular weight is 161 g/mol. The molecule has 0 spiro atoms. The molecular weight excluding hydrogens is 153 g/mol. The van der Waals surface area contributed by atoms with Crippen LogP contribution in [0.4, 0.5) is 0 Å². The van der Waals surface area contributed by atoms with Crippen LogP contribution >= 0.6 is 7.17 Å². The Balaban J connectivity index is 2.56. The molecule has 1 nitrogen and oxygen atoms in total. The predicted octanol–water partition coefficient (Wildman–Crippen LogP) is 2.12. The van der Waals surface area contributed by atoms with Gasteiger partial charge in [-0.25, -0.2) is 0 Å². The van der Waals surface area contributed by atoms with Crippen molar-refractivity contribution in [3.8, 4) is 0 Å². The van der Waals surface area contributed by atoms with Crippen molar-refractivity contribution in [1.82, 2.24) is 0 Å². The molecule has 0 aromatic heterocycles. The lowest BCUT2D eigenvalue weighted by Crippen LogP contribution is -1.86. The van der Waals surface area contributed by atoms with E-state index in [2.05, 4.69) is 40.9 Å². The minimum atomic E-state index is -0.185. The Morgan fingerprint density at radius 2 is 2.18 bits per heavy atom. The zero-order valence-corrected chi connectivity index (χ0v) is 6.91. The van der Waals surface area contributed by atoms with Gasteiger partial charge in [-0.2, -0.15) is 0 Å². The number of hydrogen-bond donors (Lipinski definition) is 0. The highest BCUT2D eigenvalue weighted by atomic mass is 31.1. The molecule has 0 aromatic carbocycles. The zero-order valence-electron chi connectivity index (χ0n) is 6.01. The summed E-state index contributed by atoms with van der Waals surface area (Å²) in [5.41, 5.74) is 0. The Labute approximate surface area is 66.5 Å². The van der Waals surface area contributed by atoms with Gasteiger partial charge in [-0.15, -0.1) is 0 Å². The summed E-state index contributed by atoms with van der Waals surface area (Å²) in [7, 11) is -0.185. The summed E-state index contributed by atoms with van der Waals surface area (Å²) in [5, 5.41) is 1.33. The van der Waals surface area contributed by atoms with E-state index in [1.807, 2.05) is 12.4 Å². The Morgan fingerprint density at radius 3 is 2.82 bits per heavy atom. The van der Waals surface area contributed by atoms with Crippen LogP contribution < -0.4 is 0 Å². The summed E-state index contributed by atoms with van der Waals surface area (Å²) < 4.78 is 0. The monoisotopic (exact) mass is 161 g/mol. The first-order valence-electron chi connectivity index (χ1n) is 3.50. The van der Waals surface area contributed by atoms with Crippen LogP contribution in [0.15, 0.2) is 41.3 Å². The van der Waals surface area contributed by atoms with Gasteiger partial charge in [-0.1, -0.05) is 25.4 Å². The van der Waals surface area contributed by atoms with Crippen molar-refractivity contribution in [2.24, 2.45) is 4.99 Å². The minimum absolute atomic E-state index is 0.185. The quantitative estimate of drug-likeness (QED) is 0.482. The molecule has 0 bridgehead atoms. The summed E-state index contributed by atoms with van der Waals surface area (Å²) in [6.07, 6.45) is 12.1. The molecular formula is C9H8NP. The molecule has 54 valence electrons. The van der Waals surface area contributed by atoms with Crippen LogP contribution in [0.25, 0.3) is 0 Å². The van der Waals surface area contributed by atoms with Gasteiger partial charge < -0.3 is 0 Å². The lowest BCUT2D eigenvalue weighted by atomic mass is 10.5. The first kappa shape index (κ1) is 6.63. The van der Waals surface area contributed by atoms with Crippen molar-refractivity contribution in [1.29, 1.82) is 0 Å². The van der Waals surface area contributed by atoms with Crippen LogP contribution in [0.1, 0.15) is 0 Å². The summed E-state index contributed by atoms with van der Waals surface area (Å²) in [6.45, 7) is 0.